The Morgan fingerprint density at radius 1 is 1.23 bits per heavy atom. The van der Waals surface area contributed by atoms with E-state index < -0.39 is 0 Å². The summed E-state index contributed by atoms with van der Waals surface area (Å²) in [7, 11) is 1.89. The van der Waals surface area contributed by atoms with Gasteiger partial charge in [0.25, 0.3) is 0 Å². The average Bonchev–Trinajstić information content (AvgIpc) is 3.03. The van der Waals surface area contributed by atoms with Crippen molar-refractivity contribution in [2.75, 3.05) is 31.6 Å². The lowest BCUT2D eigenvalue weighted by molar-refractivity contribution is -0.124. The molecule has 4 rings (SSSR count). The van der Waals surface area contributed by atoms with Crippen LogP contribution in [0.5, 0.6) is 0 Å². The largest absolute Gasteiger partial charge is 0.310 e. The number of fused-ring (bicyclic) bond motifs is 1. The van der Waals surface area contributed by atoms with Gasteiger partial charge in [-0.1, -0.05) is 12.1 Å². The number of hydrogen-bond acceptors (Lipinski definition) is 4. The average molecular weight is 353 g/mol. The predicted molar refractivity (Wildman–Crippen MR) is 98.5 cm³/mol. The molecule has 7 heteroatoms. The molecule has 1 aromatic carbocycles. The second-order valence-corrected chi connectivity index (χ2v) is 6.67. The fourth-order valence-corrected chi connectivity index (χ4v) is 3.23. The van der Waals surface area contributed by atoms with Crippen molar-refractivity contribution in [3.05, 3.63) is 42.9 Å². The normalized spacial score (nSPS) is 15.2. The van der Waals surface area contributed by atoms with E-state index in [1.807, 2.05) is 42.5 Å². The molecule has 0 radical (unpaired) electrons. The topological polar surface area (TPSA) is 63.1 Å². The predicted octanol–water partition coefficient (Wildman–Crippen LogP) is 2.48. The molecule has 1 amide bonds. The number of carbonyl (C=O) groups excluding carboxylic acids is 1. The van der Waals surface area contributed by atoms with E-state index in [0.717, 1.165) is 21.9 Å². The van der Waals surface area contributed by atoms with Gasteiger partial charge in [-0.25, -0.2) is 9.37 Å². The Bertz CT molecular complexity index is 948. The van der Waals surface area contributed by atoms with E-state index in [0.29, 0.717) is 25.5 Å². The molecule has 134 valence electrons. The Balaban J connectivity index is 1.50. The number of anilines is 1. The van der Waals surface area contributed by atoms with E-state index >= 15 is 0 Å². The Morgan fingerprint density at radius 3 is 2.81 bits per heavy atom. The number of rotatable bonds is 5. The molecule has 3 heterocycles. The van der Waals surface area contributed by atoms with Crippen LogP contribution in [0.15, 0.2) is 42.9 Å². The van der Waals surface area contributed by atoms with Crippen LogP contribution < -0.4 is 5.32 Å². The lowest BCUT2D eigenvalue weighted by atomic mass is 9.99. The standard InChI is InChI=1S/C19H20FN5O/c1-24-10-16(9-22-24)13-2-3-14-8-21-18(7-15(14)6-13)23-19(26)17-11-25(12-17)5-4-20/h2-3,6-10,17H,4-5,11-12H2,1H3,(H,21,23,26). The van der Waals surface area contributed by atoms with Crippen molar-refractivity contribution in [3.8, 4) is 11.1 Å². The molecule has 0 atom stereocenters. The number of benzene rings is 1. The SMILES string of the molecule is Cn1cc(-c2ccc3cnc(NC(=O)C4CN(CCF)C4)cc3c2)cn1. The molecule has 1 saturated heterocycles. The number of aromatic nitrogens is 3. The molecule has 0 bridgehead atoms. The summed E-state index contributed by atoms with van der Waals surface area (Å²) in [6.07, 6.45) is 5.55. The summed E-state index contributed by atoms with van der Waals surface area (Å²) in [4.78, 5) is 18.5. The molecule has 0 unspecified atom stereocenters. The Hall–Kier alpha value is -2.80. The van der Waals surface area contributed by atoms with Crippen molar-refractivity contribution in [1.29, 1.82) is 0 Å². The number of halogens is 1. The number of nitrogens with one attached hydrogen (secondary N) is 1. The molecular formula is C19H20FN5O. The first-order chi connectivity index (χ1) is 12.6. The van der Waals surface area contributed by atoms with Crippen molar-refractivity contribution < 1.29 is 9.18 Å². The highest BCUT2D eigenvalue weighted by atomic mass is 19.1. The summed E-state index contributed by atoms with van der Waals surface area (Å²) in [6, 6.07) is 7.99. The van der Waals surface area contributed by atoms with E-state index in [1.54, 1.807) is 10.9 Å². The molecule has 2 aromatic heterocycles. The molecule has 26 heavy (non-hydrogen) atoms. The molecule has 1 aliphatic rings. The lowest BCUT2D eigenvalue weighted by Gasteiger charge is -2.37. The van der Waals surface area contributed by atoms with Crippen LogP contribution in [0.25, 0.3) is 21.9 Å². The minimum absolute atomic E-state index is 0.0598. The van der Waals surface area contributed by atoms with Crippen molar-refractivity contribution in [2.45, 2.75) is 0 Å². The number of carbonyl (C=O) groups is 1. The molecule has 6 nitrogen and oxygen atoms in total. The molecule has 0 saturated carbocycles. The second-order valence-electron chi connectivity index (χ2n) is 6.67. The summed E-state index contributed by atoms with van der Waals surface area (Å²) in [5.41, 5.74) is 2.11. The first-order valence-electron chi connectivity index (χ1n) is 8.60. The van der Waals surface area contributed by atoms with Gasteiger partial charge in [-0.05, 0) is 23.1 Å². The van der Waals surface area contributed by atoms with Crippen molar-refractivity contribution >= 4 is 22.5 Å². The Morgan fingerprint density at radius 2 is 2.08 bits per heavy atom. The van der Waals surface area contributed by atoms with Crippen LogP contribution in [-0.4, -0.2) is 51.9 Å². The van der Waals surface area contributed by atoms with Crippen molar-refractivity contribution in [2.24, 2.45) is 13.0 Å². The van der Waals surface area contributed by atoms with E-state index in [1.165, 1.54) is 0 Å². The summed E-state index contributed by atoms with van der Waals surface area (Å²) in [5, 5.41) is 9.09. The third-order valence-corrected chi connectivity index (χ3v) is 4.74. The zero-order valence-electron chi connectivity index (χ0n) is 14.5. The van der Waals surface area contributed by atoms with Crippen molar-refractivity contribution in [3.63, 3.8) is 0 Å². The zero-order valence-corrected chi connectivity index (χ0v) is 14.5. The number of alkyl halides is 1. The van der Waals surface area contributed by atoms with Gasteiger partial charge in [-0.15, -0.1) is 0 Å². The number of amides is 1. The van der Waals surface area contributed by atoms with Crippen LogP contribution in [0.1, 0.15) is 0 Å². The highest BCUT2D eigenvalue weighted by Gasteiger charge is 2.32. The van der Waals surface area contributed by atoms with Gasteiger partial charge in [0, 0.05) is 50.0 Å². The van der Waals surface area contributed by atoms with Gasteiger partial charge in [-0.3, -0.25) is 14.4 Å². The summed E-state index contributed by atoms with van der Waals surface area (Å²) in [5.74, 6) is 0.380. The van der Waals surface area contributed by atoms with E-state index in [4.69, 9.17) is 0 Å². The minimum Gasteiger partial charge on any atom is -0.310 e. The molecule has 0 aliphatic carbocycles. The van der Waals surface area contributed by atoms with Gasteiger partial charge in [0.05, 0.1) is 12.1 Å². The van der Waals surface area contributed by atoms with E-state index in [2.05, 4.69) is 21.5 Å². The third kappa shape index (κ3) is 3.30. The van der Waals surface area contributed by atoms with Crippen LogP contribution in [-0.2, 0) is 11.8 Å². The number of nitrogens with zero attached hydrogens (tertiary/aromatic N) is 4. The second kappa shape index (κ2) is 6.84. The minimum atomic E-state index is -0.375. The fourth-order valence-electron chi connectivity index (χ4n) is 3.23. The van der Waals surface area contributed by atoms with Crippen LogP contribution in [0.4, 0.5) is 10.2 Å². The first-order valence-corrected chi connectivity index (χ1v) is 8.60. The quantitative estimate of drug-likeness (QED) is 0.765. The maximum Gasteiger partial charge on any atom is 0.231 e. The van der Waals surface area contributed by atoms with Gasteiger partial charge in [-0.2, -0.15) is 5.10 Å². The fraction of sp³-hybridized carbons (Fsp3) is 0.316. The number of pyridine rings is 1. The lowest BCUT2D eigenvalue weighted by Crippen LogP contribution is -2.52. The maximum atomic E-state index is 12.3. The summed E-state index contributed by atoms with van der Waals surface area (Å²) >= 11 is 0. The number of aryl methyl sites for hydroxylation is 1. The molecule has 1 aliphatic heterocycles. The van der Waals surface area contributed by atoms with Crippen LogP contribution in [0.3, 0.4) is 0 Å². The van der Waals surface area contributed by atoms with Crippen molar-refractivity contribution in [1.82, 2.24) is 19.7 Å². The van der Waals surface area contributed by atoms with Gasteiger partial charge in [0.1, 0.15) is 12.5 Å². The van der Waals surface area contributed by atoms with E-state index in [9.17, 15) is 9.18 Å². The van der Waals surface area contributed by atoms with E-state index in [-0.39, 0.29) is 18.5 Å². The van der Waals surface area contributed by atoms with Gasteiger partial charge in [0.15, 0.2) is 0 Å². The number of hydrogen-bond donors (Lipinski definition) is 1. The first kappa shape index (κ1) is 16.7. The Labute approximate surface area is 150 Å². The Kier molecular flexibility index (Phi) is 4.38. The van der Waals surface area contributed by atoms with Gasteiger partial charge >= 0.3 is 0 Å². The number of likely N-dealkylation sites (tertiary alicyclic amines) is 1. The van der Waals surface area contributed by atoms with Gasteiger partial charge < -0.3 is 5.32 Å². The summed E-state index contributed by atoms with van der Waals surface area (Å²) in [6.45, 7) is 1.23. The monoisotopic (exact) mass is 353 g/mol. The van der Waals surface area contributed by atoms with Crippen LogP contribution in [0.2, 0.25) is 0 Å². The molecule has 1 N–H and O–H groups in total. The summed E-state index contributed by atoms with van der Waals surface area (Å²) < 4.78 is 14.1. The highest BCUT2D eigenvalue weighted by molar-refractivity contribution is 5.95. The smallest absolute Gasteiger partial charge is 0.231 e. The van der Waals surface area contributed by atoms with Gasteiger partial charge in [0.2, 0.25) is 5.91 Å². The third-order valence-electron chi connectivity index (χ3n) is 4.74. The molecular weight excluding hydrogens is 333 g/mol. The van der Waals surface area contributed by atoms with Crippen LogP contribution >= 0.6 is 0 Å². The highest BCUT2D eigenvalue weighted by Crippen LogP contribution is 2.25. The zero-order chi connectivity index (χ0) is 18.1. The van der Waals surface area contributed by atoms with Crippen LogP contribution in [0, 0.1) is 5.92 Å². The molecule has 3 aromatic rings. The maximum absolute atomic E-state index is 12.3. The molecule has 0 spiro atoms. The molecule has 1 fully saturated rings.